The van der Waals surface area contributed by atoms with Crippen LogP contribution >= 0.6 is 0 Å². The SMILES string of the molecule is O=S(=O)(c1cccc(F)c1)N1CC2CCCC(C1)C2(O)c1cccnc1F. The molecule has 1 saturated heterocycles. The molecule has 1 aromatic heterocycles. The minimum Gasteiger partial charge on any atom is -0.384 e. The molecule has 2 atom stereocenters. The number of benzene rings is 1. The van der Waals surface area contributed by atoms with Crippen LogP contribution in [0.3, 0.4) is 0 Å². The van der Waals surface area contributed by atoms with Gasteiger partial charge >= 0.3 is 0 Å². The Morgan fingerprint density at radius 1 is 1.11 bits per heavy atom. The van der Waals surface area contributed by atoms with E-state index in [1.54, 1.807) is 6.07 Å². The molecule has 4 rings (SSSR count). The van der Waals surface area contributed by atoms with Gasteiger partial charge in [-0.25, -0.2) is 17.8 Å². The molecule has 0 amide bonds. The summed E-state index contributed by atoms with van der Waals surface area (Å²) in [7, 11) is -3.90. The summed E-state index contributed by atoms with van der Waals surface area (Å²) in [6, 6.07) is 7.98. The predicted molar refractivity (Wildman–Crippen MR) is 94.1 cm³/mol. The smallest absolute Gasteiger partial charge is 0.243 e. The van der Waals surface area contributed by atoms with E-state index in [9.17, 15) is 22.3 Å². The molecule has 2 aliphatic rings. The topological polar surface area (TPSA) is 70.5 Å². The highest BCUT2D eigenvalue weighted by Gasteiger charge is 2.54. The zero-order valence-corrected chi connectivity index (χ0v) is 15.4. The Labute approximate surface area is 156 Å². The maximum Gasteiger partial charge on any atom is 0.243 e. The third kappa shape index (κ3) is 2.96. The Kier molecular flexibility index (Phi) is 4.52. The van der Waals surface area contributed by atoms with Gasteiger partial charge in [0.15, 0.2) is 0 Å². The molecular weight excluding hydrogens is 374 g/mol. The Balaban J connectivity index is 1.71. The zero-order chi connectivity index (χ0) is 19.2. The average molecular weight is 394 g/mol. The van der Waals surface area contributed by atoms with E-state index in [2.05, 4.69) is 4.98 Å². The second-order valence-corrected chi connectivity index (χ2v) is 9.21. The average Bonchev–Trinajstić information content (AvgIpc) is 2.61. The van der Waals surface area contributed by atoms with E-state index in [4.69, 9.17) is 0 Å². The highest BCUT2D eigenvalue weighted by Crippen LogP contribution is 2.50. The fourth-order valence-electron chi connectivity index (χ4n) is 4.51. The number of rotatable bonds is 3. The molecule has 2 bridgehead atoms. The number of nitrogens with zero attached hydrogens (tertiary/aromatic N) is 2. The molecule has 1 N–H and O–H groups in total. The minimum absolute atomic E-state index is 0.0557. The molecule has 8 heteroatoms. The lowest BCUT2D eigenvalue weighted by atomic mass is 9.63. The van der Waals surface area contributed by atoms with E-state index in [1.165, 1.54) is 34.8 Å². The van der Waals surface area contributed by atoms with Crippen LogP contribution < -0.4 is 0 Å². The van der Waals surface area contributed by atoms with E-state index in [-0.39, 0.29) is 23.5 Å². The fourth-order valence-corrected chi connectivity index (χ4v) is 6.07. The lowest BCUT2D eigenvalue weighted by Gasteiger charge is -2.52. The normalized spacial score (nSPS) is 28.9. The number of sulfonamides is 1. The molecule has 1 saturated carbocycles. The second kappa shape index (κ2) is 6.61. The second-order valence-electron chi connectivity index (χ2n) is 7.27. The quantitative estimate of drug-likeness (QED) is 0.813. The molecule has 2 unspecified atom stereocenters. The van der Waals surface area contributed by atoms with Crippen molar-refractivity contribution in [3.05, 3.63) is 59.9 Å². The molecule has 5 nitrogen and oxygen atoms in total. The number of aliphatic hydroxyl groups is 1. The lowest BCUT2D eigenvalue weighted by Crippen LogP contribution is -2.59. The summed E-state index contributed by atoms with van der Waals surface area (Å²) in [6.07, 6.45) is 3.32. The first-order chi connectivity index (χ1) is 12.8. The summed E-state index contributed by atoms with van der Waals surface area (Å²) >= 11 is 0. The van der Waals surface area contributed by atoms with Gasteiger partial charge in [0.1, 0.15) is 11.4 Å². The number of halogens is 2. The molecular formula is C19H20F2N2O3S. The van der Waals surface area contributed by atoms with Gasteiger partial charge in [-0.05, 0) is 37.1 Å². The zero-order valence-electron chi connectivity index (χ0n) is 14.6. The highest BCUT2D eigenvalue weighted by atomic mass is 32.2. The monoisotopic (exact) mass is 394 g/mol. The van der Waals surface area contributed by atoms with Crippen LogP contribution in [0.1, 0.15) is 24.8 Å². The molecule has 1 aliphatic carbocycles. The summed E-state index contributed by atoms with van der Waals surface area (Å²) in [6.45, 7) is 0.111. The lowest BCUT2D eigenvalue weighted by molar-refractivity contribution is -0.135. The van der Waals surface area contributed by atoms with Crippen LogP contribution in [0.4, 0.5) is 8.78 Å². The van der Waals surface area contributed by atoms with Crippen LogP contribution in [0.25, 0.3) is 0 Å². The van der Waals surface area contributed by atoms with Crippen molar-refractivity contribution >= 4 is 10.0 Å². The molecule has 0 spiro atoms. The number of hydrogen-bond donors (Lipinski definition) is 1. The van der Waals surface area contributed by atoms with Gasteiger partial charge in [0.05, 0.1) is 4.90 Å². The van der Waals surface area contributed by atoms with Gasteiger partial charge in [-0.3, -0.25) is 0 Å². The third-order valence-corrected chi connectivity index (χ3v) is 7.65. The molecule has 144 valence electrons. The molecule has 1 aromatic carbocycles. The standard InChI is InChI=1S/C19H20F2N2O3S/c20-15-6-2-7-16(10-15)27(25,26)23-11-13-4-1-5-14(12-23)19(13,24)17-8-3-9-22-18(17)21/h2-3,6-10,13-14,24H,1,4-5,11-12H2. The van der Waals surface area contributed by atoms with Crippen molar-refractivity contribution in [2.75, 3.05) is 13.1 Å². The van der Waals surface area contributed by atoms with E-state index in [1.807, 2.05) is 0 Å². The molecule has 2 heterocycles. The van der Waals surface area contributed by atoms with Gasteiger partial charge in [0.25, 0.3) is 0 Å². The number of piperidine rings is 1. The van der Waals surface area contributed by atoms with Crippen molar-refractivity contribution in [1.29, 1.82) is 0 Å². The maximum atomic E-state index is 14.3. The Hall–Kier alpha value is -1.90. The molecule has 2 aromatic rings. The van der Waals surface area contributed by atoms with Crippen LogP contribution in [0.5, 0.6) is 0 Å². The first kappa shape index (κ1) is 18.5. The summed E-state index contributed by atoms with van der Waals surface area (Å²) in [5.74, 6) is -2.25. The largest absolute Gasteiger partial charge is 0.384 e. The predicted octanol–water partition coefficient (Wildman–Crippen LogP) is 2.67. The van der Waals surface area contributed by atoms with Crippen molar-refractivity contribution in [2.24, 2.45) is 11.8 Å². The number of pyridine rings is 1. The van der Waals surface area contributed by atoms with E-state index >= 15 is 0 Å². The third-order valence-electron chi connectivity index (χ3n) is 5.82. The number of fused-ring (bicyclic) bond motifs is 2. The van der Waals surface area contributed by atoms with Crippen molar-refractivity contribution in [2.45, 2.75) is 29.8 Å². The number of hydrogen-bond acceptors (Lipinski definition) is 4. The molecule has 27 heavy (non-hydrogen) atoms. The molecule has 2 fully saturated rings. The van der Waals surface area contributed by atoms with Crippen LogP contribution in [0.15, 0.2) is 47.5 Å². The van der Waals surface area contributed by atoms with Gasteiger partial charge in [-0.2, -0.15) is 8.70 Å². The van der Waals surface area contributed by atoms with Crippen molar-refractivity contribution < 1.29 is 22.3 Å². The maximum absolute atomic E-state index is 14.3. The summed E-state index contributed by atoms with van der Waals surface area (Å²) in [5.41, 5.74) is -1.33. The highest BCUT2D eigenvalue weighted by molar-refractivity contribution is 7.89. The van der Waals surface area contributed by atoms with Crippen LogP contribution in [-0.2, 0) is 15.6 Å². The van der Waals surface area contributed by atoms with Gasteiger partial charge in [0.2, 0.25) is 16.0 Å². The van der Waals surface area contributed by atoms with Gasteiger partial charge < -0.3 is 5.11 Å². The fraction of sp³-hybridized carbons (Fsp3) is 0.421. The van der Waals surface area contributed by atoms with Crippen LogP contribution in [-0.4, -0.2) is 35.9 Å². The Morgan fingerprint density at radius 2 is 1.81 bits per heavy atom. The van der Waals surface area contributed by atoms with E-state index < -0.39 is 39.2 Å². The summed E-state index contributed by atoms with van der Waals surface area (Å²) in [5, 5.41) is 11.4. The van der Waals surface area contributed by atoms with Gasteiger partial charge in [0, 0.05) is 36.7 Å². The first-order valence-electron chi connectivity index (χ1n) is 8.92. The van der Waals surface area contributed by atoms with Crippen molar-refractivity contribution in [3.63, 3.8) is 0 Å². The van der Waals surface area contributed by atoms with Gasteiger partial charge in [-0.15, -0.1) is 0 Å². The van der Waals surface area contributed by atoms with E-state index in [0.29, 0.717) is 12.8 Å². The van der Waals surface area contributed by atoms with Crippen LogP contribution in [0.2, 0.25) is 0 Å². The summed E-state index contributed by atoms with van der Waals surface area (Å²) < 4.78 is 55.1. The molecule has 1 aliphatic heterocycles. The Bertz CT molecular complexity index is 953. The first-order valence-corrected chi connectivity index (χ1v) is 10.4. The van der Waals surface area contributed by atoms with Gasteiger partial charge in [-0.1, -0.05) is 18.6 Å². The summed E-state index contributed by atoms with van der Waals surface area (Å²) in [4.78, 5) is 3.54. The number of aromatic nitrogens is 1. The van der Waals surface area contributed by atoms with E-state index in [0.717, 1.165) is 12.5 Å². The Morgan fingerprint density at radius 3 is 2.44 bits per heavy atom. The van der Waals surface area contributed by atoms with Crippen molar-refractivity contribution in [1.82, 2.24) is 9.29 Å². The molecule has 0 radical (unpaired) electrons. The van der Waals surface area contributed by atoms with Crippen LogP contribution in [0, 0.1) is 23.6 Å². The minimum atomic E-state index is -3.90. The van der Waals surface area contributed by atoms with Crippen molar-refractivity contribution in [3.8, 4) is 0 Å².